The van der Waals surface area contributed by atoms with Crippen LogP contribution < -0.4 is 5.32 Å². The number of nitrogens with zero attached hydrogens (tertiary/aromatic N) is 1. The summed E-state index contributed by atoms with van der Waals surface area (Å²) in [5, 5.41) is 11.1. The number of alkyl halides is 9. The molecule has 0 aliphatic heterocycles. The van der Waals surface area contributed by atoms with Crippen molar-refractivity contribution in [2.24, 2.45) is 0 Å². The summed E-state index contributed by atoms with van der Waals surface area (Å²) in [6, 6.07) is 3.63. The van der Waals surface area contributed by atoms with Crippen LogP contribution in [0, 0.1) is 13.8 Å². The molecule has 0 saturated heterocycles. The van der Waals surface area contributed by atoms with Crippen LogP contribution in [0.3, 0.4) is 0 Å². The van der Waals surface area contributed by atoms with Gasteiger partial charge < -0.3 is 15.0 Å². The van der Waals surface area contributed by atoms with Crippen LogP contribution >= 0.6 is 0 Å². The van der Waals surface area contributed by atoms with Crippen molar-refractivity contribution >= 4 is 17.6 Å². The third-order valence-corrected chi connectivity index (χ3v) is 5.36. The average molecular weight is 538 g/mol. The number of carbonyl (C=O) groups is 2. The molecule has 0 bridgehead atoms. The number of benzene rings is 2. The van der Waals surface area contributed by atoms with Gasteiger partial charge in [0.1, 0.15) is 0 Å². The molecule has 0 saturated carbocycles. The molecule has 0 aliphatic carbocycles. The summed E-state index contributed by atoms with van der Waals surface area (Å²) in [5.41, 5.74) is -7.46. The number of carboxylic acid groups (broad SMARTS) is 1. The van der Waals surface area contributed by atoms with Crippen LogP contribution in [-0.4, -0.2) is 21.6 Å². The number of rotatable bonds is 4. The van der Waals surface area contributed by atoms with E-state index in [1.165, 1.54) is 13.8 Å². The van der Waals surface area contributed by atoms with E-state index < -0.39 is 64.0 Å². The molecule has 0 aliphatic rings. The van der Waals surface area contributed by atoms with E-state index in [0.717, 1.165) is 22.8 Å². The van der Waals surface area contributed by atoms with Crippen molar-refractivity contribution in [3.63, 3.8) is 0 Å². The summed E-state index contributed by atoms with van der Waals surface area (Å²) >= 11 is 0. The molecule has 0 atom stereocenters. The molecule has 0 fully saturated rings. The Morgan fingerprint density at radius 2 is 1.35 bits per heavy atom. The van der Waals surface area contributed by atoms with Crippen molar-refractivity contribution in [3.8, 4) is 5.69 Å². The highest BCUT2D eigenvalue weighted by Gasteiger charge is 2.40. The minimum absolute atomic E-state index is 0.0353. The normalized spacial score (nSPS) is 12.5. The molecule has 37 heavy (non-hydrogen) atoms. The molecule has 0 radical (unpaired) electrons. The number of carboxylic acids is 1. The van der Waals surface area contributed by atoms with Crippen LogP contribution in [0.1, 0.15) is 48.8 Å². The van der Waals surface area contributed by atoms with Gasteiger partial charge in [0.25, 0.3) is 5.91 Å². The lowest BCUT2D eigenvalue weighted by atomic mass is 10.0. The number of nitrogens with one attached hydrogen (secondary N) is 1. The maximum atomic E-state index is 13.9. The van der Waals surface area contributed by atoms with Crippen molar-refractivity contribution in [3.05, 3.63) is 81.7 Å². The van der Waals surface area contributed by atoms with Crippen LogP contribution in [0.25, 0.3) is 5.69 Å². The predicted molar refractivity (Wildman–Crippen MR) is 112 cm³/mol. The molecule has 1 amide bonds. The second kappa shape index (κ2) is 9.16. The van der Waals surface area contributed by atoms with Gasteiger partial charge in [0.05, 0.1) is 33.5 Å². The minimum Gasteiger partial charge on any atom is -0.478 e. The van der Waals surface area contributed by atoms with E-state index in [4.69, 9.17) is 0 Å². The molecule has 2 N–H and O–H groups in total. The fraction of sp³-hybridized carbons (Fsp3) is 0.217. The molecular formula is C23H15F9N2O3. The first-order valence-electron chi connectivity index (χ1n) is 10.1. The Balaban J connectivity index is 2.08. The Hall–Kier alpha value is -3.97. The number of amides is 1. The predicted octanol–water partition coefficient (Wildman–Crippen LogP) is 7.10. The van der Waals surface area contributed by atoms with Gasteiger partial charge in [-0.3, -0.25) is 4.79 Å². The van der Waals surface area contributed by atoms with Crippen molar-refractivity contribution in [2.75, 3.05) is 5.32 Å². The summed E-state index contributed by atoms with van der Waals surface area (Å²) in [6.45, 7) is 2.63. The molecule has 2 aromatic carbocycles. The van der Waals surface area contributed by atoms with E-state index in [0.29, 0.717) is 6.07 Å². The van der Waals surface area contributed by atoms with Gasteiger partial charge >= 0.3 is 24.5 Å². The molecule has 0 spiro atoms. The van der Waals surface area contributed by atoms with Gasteiger partial charge in [-0.1, -0.05) is 0 Å². The van der Waals surface area contributed by atoms with E-state index in [9.17, 15) is 54.2 Å². The number of hydrogen-bond acceptors (Lipinski definition) is 2. The molecule has 3 aromatic rings. The third kappa shape index (κ3) is 5.57. The third-order valence-electron chi connectivity index (χ3n) is 5.36. The van der Waals surface area contributed by atoms with Crippen LogP contribution in [0.15, 0.2) is 42.5 Å². The van der Waals surface area contributed by atoms with E-state index in [-0.39, 0.29) is 35.2 Å². The number of halogens is 9. The number of aromatic carboxylic acids is 1. The Kier molecular flexibility index (Phi) is 6.84. The zero-order valence-corrected chi connectivity index (χ0v) is 18.7. The SMILES string of the molecule is Cc1cc(C(=O)O)c(C)n1-c1ccc(NC(=O)c2ccc(C(F)(F)F)cc2C(F)(F)F)cc1C(F)(F)F. The standard InChI is InChI=1S/C23H15F9N2O3/c1-10-7-15(20(36)37)11(2)34(10)18-6-4-13(9-17(18)23(30,31)32)33-19(35)14-5-3-12(21(24,25)26)8-16(14)22(27,28)29/h3-9H,1-2H3,(H,33,35)(H,36,37). The summed E-state index contributed by atoms with van der Waals surface area (Å²) in [7, 11) is 0. The summed E-state index contributed by atoms with van der Waals surface area (Å²) in [5.74, 6) is -2.97. The molecule has 3 rings (SSSR count). The topological polar surface area (TPSA) is 71.3 Å². The smallest absolute Gasteiger partial charge is 0.418 e. The van der Waals surface area contributed by atoms with Crippen LogP contribution in [0.4, 0.5) is 45.2 Å². The lowest BCUT2D eigenvalue weighted by Gasteiger charge is -2.19. The lowest BCUT2D eigenvalue weighted by molar-refractivity contribution is -0.143. The first-order chi connectivity index (χ1) is 16.8. The second-order valence-electron chi connectivity index (χ2n) is 7.87. The van der Waals surface area contributed by atoms with E-state index in [1.807, 2.05) is 5.32 Å². The van der Waals surface area contributed by atoms with E-state index in [2.05, 4.69) is 0 Å². The fourth-order valence-corrected chi connectivity index (χ4v) is 3.74. The van der Waals surface area contributed by atoms with Crippen molar-refractivity contribution < 1.29 is 54.2 Å². The highest BCUT2D eigenvalue weighted by atomic mass is 19.4. The van der Waals surface area contributed by atoms with Crippen molar-refractivity contribution in [1.29, 1.82) is 0 Å². The summed E-state index contributed by atoms with van der Waals surface area (Å²) in [6.07, 6.45) is -15.6. The van der Waals surface area contributed by atoms with Crippen LogP contribution in [0.5, 0.6) is 0 Å². The maximum Gasteiger partial charge on any atom is 0.418 e. The Morgan fingerprint density at radius 3 is 1.84 bits per heavy atom. The quantitative estimate of drug-likeness (QED) is 0.348. The monoisotopic (exact) mass is 538 g/mol. The number of anilines is 1. The summed E-state index contributed by atoms with van der Waals surface area (Å²) in [4.78, 5) is 23.9. The lowest BCUT2D eigenvalue weighted by Crippen LogP contribution is -2.21. The number of hydrogen-bond donors (Lipinski definition) is 2. The van der Waals surface area contributed by atoms with Gasteiger partial charge in [-0.05, 0) is 56.3 Å². The van der Waals surface area contributed by atoms with Gasteiger partial charge in [0, 0.05) is 17.1 Å². The molecule has 1 aromatic heterocycles. The highest BCUT2D eigenvalue weighted by molar-refractivity contribution is 6.05. The number of carbonyl (C=O) groups excluding carboxylic acids is 1. The van der Waals surface area contributed by atoms with Crippen molar-refractivity contribution in [2.45, 2.75) is 32.4 Å². The second-order valence-corrected chi connectivity index (χ2v) is 7.87. The average Bonchev–Trinajstić information content (AvgIpc) is 3.05. The van der Waals surface area contributed by atoms with Gasteiger partial charge in [0.2, 0.25) is 0 Å². The Morgan fingerprint density at radius 1 is 0.757 bits per heavy atom. The van der Waals surface area contributed by atoms with Gasteiger partial charge in [0.15, 0.2) is 0 Å². The van der Waals surface area contributed by atoms with Crippen LogP contribution in [-0.2, 0) is 18.5 Å². The molecule has 0 unspecified atom stereocenters. The maximum absolute atomic E-state index is 13.9. The Bertz CT molecular complexity index is 1380. The molecule has 1 heterocycles. The first-order valence-corrected chi connectivity index (χ1v) is 10.1. The molecule has 5 nitrogen and oxygen atoms in total. The highest BCUT2D eigenvalue weighted by Crippen LogP contribution is 2.39. The molecular weight excluding hydrogens is 523 g/mol. The zero-order chi connectivity index (χ0) is 28.1. The van der Waals surface area contributed by atoms with E-state index in [1.54, 1.807) is 0 Å². The largest absolute Gasteiger partial charge is 0.478 e. The zero-order valence-electron chi connectivity index (χ0n) is 18.7. The first kappa shape index (κ1) is 27.6. The molecule has 198 valence electrons. The molecule has 14 heteroatoms. The fourth-order valence-electron chi connectivity index (χ4n) is 3.74. The van der Waals surface area contributed by atoms with Gasteiger partial charge in [-0.15, -0.1) is 0 Å². The number of aryl methyl sites for hydroxylation is 1. The van der Waals surface area contributed by atoms with Gasteiger partial charge in [-0.25, -0.2) is 4.79 Å². The van der Waals surface area contributed by atoms with Gasteiger partial charge in [-0.2, -0.15) is 39.5 Å². The van der Waals surface area contributed by atoms with Crippen molar-refractivity contribution in [1.82, 2.24) is 4.57 Å². The minimum atomic E-state index is -5.37. The van der Waals surface area contributed by atoms with Crippen LogP contribution in [0.2, 0.25) is 0 Å². The number of aromatic nitrogens is 1. The summed E-state index contributed by atoms with van der Waals surface area (Å²) < 4.78 is 121. The van der Waals surface area contributed by atoms with E-state index >= 15 is 0 Å². The Labute approximate surface area is 202 Å².